The SMILES string of the molecule is C/C(=N/NC(=O)C(O)c1ccccc1)c1cccc(NC(=O)C2CCCCC2)c1. The molecule has 2 aromatic rings. The lowest BCUT2D eigenvalue weighted by Gasteiger charge is -2.20. The maximum absolute atomic E-state index is 12.4. The van der Waals surface area contributed by atoms with Crippen LogP contribution in [0.3, 0.4) is 0 Å². The van der Waals surface area contributed by atoms with Crippen molar-refractivity contribution in [2.24, 2.45) is 11.0 Å². The number of hydrogen-bond acceptors (Lipinski definition) is 4. The van der Waals surface area contributed by atoms with E-state index in [4.69, 9.17) is 0 Å². The van der Waals surface area contributed by atoms with Crippen LogP contribution in [0.25, 0.3) is 0 Å². The summed E-state index contributed by atoms with van der Waals surface area (Å²) < 4.78 is 0. The molecule has 152 valence electrons. The van der Waals surface area contributed by atoms with Gasteiger partial charge >= 0.3 is 0 Å². The van der Waals surface area contributed by atoms with E-state index in [1.807, 2.05) is 30.3 Å². The molecule has 0 radical (unpaired) electrons. The number of carbonyl (C=O) groups excluding carboxylic acids is 2. The molecule has 1 atom stereocenters. The van der Waals surface area contributed by atoms with Crippen molar-refractivity contribution in [1.82, 2.24) is 5.43 Å². The molecule has 0 aromatic heterocycles. The molecule has 0 saturated heterocycles. The zero-order chi connectivity index (χ0) is 20.6. The van der Waals surface area contributed by atoms with Crippen LogP contribution in [-0.2, 0) is 9.59 Å². The fourth-order valence-corrected chi connectivity index (χ4v) is 3.48. The normalized spacial score (nSPS) is 16.1. The van der Waals surface area contributed by atoms with Crippen LogP contribution in [0.4, 0.5) is 5.69 Å². The number of nitrogens with one attached hydrogen (secondary N) is 2. The highest BCUT2D eigenvalue weighted by Gasteiger charge is 2.21. The van der Waals surface area contributed by atoms with Gasteiger partial charge in [-0.15, -0.1) is 0 Å². The van der Waals surface area contributed by atoms with Gasteiger partial charge in [0.15, 0.2) is 6.10 Å². The number of anilines is 1. The number of carbonyl (C=O) groups is 2. The molecule has 3 N–H and O–H groups in total. The fourth-order valence-electron chi connectivity index (χ4n) is 3.48. The van der Waals surface area contributed by atoms with E-state index < -0.39 is 12.0 Å². The molecule has 1 aliphatic rings. The second kappa shape index (κ2) is 9.98. The molecular formula is C23H27N3O3. The van der Waals surface area contributed by atoms with Gasteiger partial charge in [0, 0.05) is 11.6 Å². The van der Waals surface area contributed by atoms with E-state index in [-0.39, 0.29) is 11.8 Å². The highest BCUT2D eigenvalue weighted by atomic mass is 16.3. The Hall–Kier alpha value is -2.99. The van der Waals surface area contributed by atoms with Crippen molar-refractivity contribution in [3.05, 3.63) is 65.7 Å². The second-order valence-corrected chi connectivity index (χ2v) is 7.39. The largest absolute Gasteiger partial charge is 0.378 e. The van der Waals surface area contributed by atoms with Crippen LogP contribution >= 0.6 is 0 Å². The minimum absolute atomic E-state index is 0.0655. The standard InChI is InChI=1S/C23H27N3O3/c1-16(25-26-23(29)21(27)17-9-4-2-5-10-17)19-13-8-14-20(15-19)24-22(28)18-11-6-3-7-12-18/h2,4-5,8-10,13-15,18,21,27H,3,6-7,11-12H2,1H3,(H,24,28)(H,26,29)/b25-16-. The molecular weight excluding hydrogens is 366 g/mol. The fraction of sp³-hybridized carbons (Fsp3) is 0.348. The summed E-state index contributed by atoms with van der Waals surface area (Å²) in [4.78, 5) is 24.6. The molecule has 1 unspecified atom stereocenters. The zero-order valence-electron chi connectivity index (χ0n) is 16.6. The molecule has 29 heavy (non-hydrogen) atoms. The number of aliphatic hydroxyl groups is 1. The van der Waals surface area contributed by atoms with Gasteiger partial charge in [-0.3, -0.25) is 9.59 Å². The van der Waals surface area contributed by atoms with Gasteiger partial charge in [0.2, 0.25) is 5.91 Å². The predicted molar refractivity (Wildman–Crippen MR) is 113 cm³/mol. The first-order valence-electron chi connectivity index (χ1n) is 10.0. The van der Waals surface area contributed by atoms with Crippen LogP contribution < -0.4 is 10.7 Å². The second-order valence-electron chi connectivity index (χ2n) is 7.39. The molecule has 3 rings (SSSR count). The van der Waals surface area contributed by atoms with Gasteiger partial charge < -0.3 is 10.4 Å². The van der Waals surface area contributed by atoms with Gasteiger partial charge in [-0.25, -0.2) is 5.43 Å². The Kier molecular flexibility index (Phi) is 7.14. The van der Waals surface area contributed by atoms with Crippen molar-refractivity contribution in [3.8, 4) is 0 Å². The van der Waals surface area contributed by atoms with Crippen LogP contribution in [-0.4, -0.2) is 22.6 Å². The Morgan fingerprint density at radius 1 is 1.03 bits per heavy atom. The molecule has 2 aromatic carbocycles. The monoisotopic (exact) mass is 393 g/mol. The Bertz CT molecular complexity index is 874. The number of rotatable bonds is 6. The van der Waals surface area contributed by atoms with Crippen molar-refractivity contribution in [2.75, 3.05) is 5.32 Å². The van der Waals surface area contributed by atoms with E-state index in [2.05, 4.69) is 15.8 Å². The predicted octanol–water partition coefficient (Wildman–Crippen LogP) is 3.78. The van der Waals surface area contributed by atoms with E-state index in [1.54, 1.807) is 31.2 Å². The number of aliphatic hydroxyl groups excluding tert-OH is 1. The van der Waals surface area contributed by atoms with E-state index in [0.717, 1.165) is 31.2 Å². The molecule has 1 aliphatic carbocycles. The van der Waals surface area contributed by atoms with Gasteiger partial charge in [0.05, 0.1) is 5.71 Å². The quantitative estimate of drug-likeness (QED) is 0.515. The van der Waals surface area contributed by atoms with Crippen molar-refractivity contribution in [2.45, 2.75) is 45.1 Å². The Morgan fingerprint density at radius 3 is 2.48 bits per heavy atom. The van der Waals surface area contributed by atoms with Crippen molar-refractivity contribution in [1.29, 1.82) is 0 Å². The van der Waals surface area contributed by atoms with E-state index in [1.165, 1.54) is 6.42 Å². The molecule has 0 aliphatic heterocycles. The smallest absolute Gasteiger partial charge is 0.273 e. The summed E-state index contributed by atoms with van der Waals surface area (Å²) in [5.41, 5.74) is 4.97. The lowest BCUT2D eigenvalue weighted by atomic mass is 9.88. The van der Waals surface area contributed by atoms with Crippen molar-refractivity contribution >= 4 is 23.2 Å². The van der Waals surface area contributed by atoms with Gasteiger partial charge in [0.25, 0.3) is 5.91 Å². The zero-order valence-corrected chi connectivity index (χ0v) is 16.6. The van der Waals surface area contributed by atoms with Gasteiger partial charge in [-0.2, -0.15) is 5.10 Å². The van der Waals surface area contributed by atoms with Gasteiger partial charge in [-0.1, -0.05) is 61.7 Å². The number of benzene rings is 2. The van der Waals surface area contributed by atoms with E-state index in [9.17, 15) is 14.7 Å². The first kappa shape index (κ1) is 20.7. The summed E-state index contributed by atoms with van der Waals surface area (Å²) in [5, 5.41) is 17.2. The minimum Gasteiger partial charge on any atom is -0.378 e. The third-order valence-corrected chi connectivity index (χ3v) is 5.22. The number of hydrazone groups is 1. The van der Waals surface area contributed by atoms with E-state index >= 15 is 0 Å². The maximum atomic E-state index is 12.4. The van der Waals surface area contributed by atoms with Crippen LogP contribution in [0.2, 0.25) is 0 Å². The number of hydrogen-bond donors (Lipinski definition) is 3. The van der Waals surface area contributed by atoms with Crippen molar-refractivity contribution in [3.63, 3.8) is 0 Å². The number of amides is 2. The Labute approximate surface area is 171 Å². The van der Waals surface area contributed by atoms with E-state index in [0.29, 0.717) is 17.0 Å². The summed E-state index contributed by atoms with van der Waals surface area (Å²) in [6.45, 7) is 1.76. The first-order valence-corrected chi connectivity index (χ1v) is 10.0. The maximum Gasteiger partial charge on any atom is 0.273 e. The molecule has 6 heteroatoms. The van der Waals surface area contributed by atoms with Crippen molar-refractivity contribution < 1.29 is 14.7 Å². The molecule has 2 amide bonds. The first-order chi connectivity index (χ1) is 14.0. The topological polar surface area (TPSA) is 90.8 Å². The summed E-state index contributed by atoms with van der Waals surface area (Å²) in [7, 11) is 0. The summed E-state index contributed by atoms with van der Waals surface area (Å²) in [5.74, 6) is -0.450. The minimum atomic E-state index is -1.28. The molecule has 1 saturated carbocycles. The lowest BCUT2D eigenvalue weighted by molar-refractivity contribution is -0.129. The van der Waals surface area contributed by atoms with Gasteiger partial charge in [0.1, 0.15) is 0 Å². The lowest BCUT2D eigenvalue weighted by Crippen LogP contribution is -2.26. The molecule has 0 bridgehead atoms. The number of nitrogens with zero attached hydrogens (tertiary/aromatic N) is 1. The summed E-state index contributed by atoms with van der Waals surface area (Å²) in [6, 6.07) is 16.1. The summed E-state index contributed by atoms with van der Waals surface area (Å²) in [6.07, 6.45) is 4.04. The summed E-state index contributed by atoms with van der Waals surface area (Å²) >= 11 is 0. The molecule has 6 nitrogen and oxygen atoms in total. The highest BCUT2D eigenvalue weighted by Crippen LogP contribution is 2.25. The average Bonchev–Trinajstić information content (AvgIpc) is 2.78. The van der Waals surface area contributed by atoms with Gasteiger partial charge in [-0.05, 0) is 43.0 Å². The Balaban J connectivity index is 1.61. The average molecular weight is 393 g/mol. The highest BCUT2D eigenvalue weighted by molar-refractivity contribution is 6.01. The molecule has 1 fully saturated rings. The van der Waals surface area contributed by atoms with Crippen LogP contribution in [0.1, 0.15) is 56.3 Å². The van der Waals surface area contributed by atoms with Crippen LogP contribution in [0.15, 0.2) is 59.7 Å². The van der Waals surface area contributed by atoms with Crippen LogP contribution in [0.5, 0.6) is 0 Å². The Morgan fingerprint density at radius 2 is 1.76 bits per heavy atom. The molecule has 0 spiro atoms. The third kappa shape index (κ3) is 5.74. The third-order valence-electron chi connectivity index (χ3n) is 5.22. The van der Waals surface area contributed by atoms with Crippen LogP contribution in [0, 0.1) is 5.92 Å². The molecule has 0 heterocycles.